The molecule has 21 heavy (non-hydrogen) atoms. The fraction of sp³-hybridized carbons (Fsp3) is 0.438. The minimum Gasteiger partial charge on any atom is -0.451 e. The third-order valence-electron chi connectivity index (χ3n) is 4.89. The number of likely N-dealkylation sites (tertiary alicyclic amines) is 1. The SMILES string of the molecule is NC1CCC2CN(C(=O)c3cc4cc(Br)ccc4o3)CC12. The number of hydrogen-bond donors (Lipinski definition) is 1. The Morgan fingerprint density at radius 3 is 2.95 bits per heavy atom. The average Bonchev–Trinajstić information content (AvgIpc) is 3.13. The van der Waals surface area contributed by atoms with E-state index >= 15 is 0 Å². The van der Waals surface area contributed by atoms with Gasteiger partial charge in [-0.15, -0.1) is 0 Å². The highest BCUT2D eigenvalue weighted by atomic mass is 79.9. The van der Waals surface area contributed by atoms with Gasteiger partial charge in [0, 0.05) is 29.0 Å². The molecule has 1 amide bonds. The van der Waals surface area contributed by atoms with Gasteiger partial charge in [-0.2, -0.15) is 0 Å². The van der Waals surface area contributed by atoms with Crippen molar-refractivity contribution in [3.63, 3.8) is 0 Å². The topological polar surface area (TPSA) is 59.5 Å². The number of hydrogen-bond acceptors (Lipinski definition) is 3. The van der Waals surface area contributed by atoms with E-state index in [0.717, 1.165) is 41.4 Å². The van der Waals surface area contributed by atoms with Gasteiger partial charge < -0.3 is 15.1 Å². The van der Waals surface area contributed by atoms with Crippen LogP contribution < -0.4 is 5.73 Å². The van der Waals surface area contributed by atoms with Crippen molar-refractivity contribution in [2.24, 2.45) is 17.6 Å². The van der Waals surface area contributed by atoms with E-state index in [1.165, 1.54) is 0 Å². The lowest BCUT2D eigenvalue weighted by atomic mass is 9.98. The highest BCUT2D eigenvalue weighted by molar-refractivity contribution is 9.10. The van der Waals surface area contributed by atoms with Crippen LogP contribution in [0.2, 0.25) is 0 Å². The van der Waals surface area contributed by atoms with Crippen molar-refractivity contribution in [2.45, 2.75) is 18.9 Å². The van der Waals surface area contributed by atoms with Gasteiger partial charge in [0.25, 0.3) is 5.91 Å². The van der Waals surface area contributed by atoms with E-state index in [2.05, 4.69) is 15.9 Å². The molecule has 1 aliphatic carbocycles. The van der Waals surface area contributed by atoms with Crippen molar-refractivity contribution in [2.75, 3.05) is 13.1 Å². The van der Waals surface area contributed by atoms with Crippen LogP contribution in [0.15, 0.2) is 33.2 Å². The number of fused-ring (bicyclic) bond motifs is 2. The first-order valence-electron chi connectivity index (χ1n) is 7.36. The number of nitrogens with two attached hydrogens (primary N) is 1. The third kappa shape index (κ3) is 2.19. The summed E-state index contributed by atoms with van der Waals surface area (Å²) >= 11 is 3.43. The number of furan rings is 1. The Morgan fingerprint density at radius 1 is 1.29 bits per heavy atom. The lowest BCUT2D eigenvalue weighted by Gasteiger charge is -2.17. The summed E-state index contributed by atoms with van der Waals surface area (Å²) in [6.07, 6.45) is 2.23. The second kappa shape index (κ2) is 4.85. The molecule has 1 aromatic carbocycles. The summed E-state index contributed by atoms with van der Waals surface area (Å²) in [6.45, 7) is 1.59. The van der Waals surface area contributed by atoms with Crippen LogP contribution >= 0.6 is 15.9 Å². The minimum absolute atomic E-state index is 0.0103. The Kier molecular flexibility index (Phi) is 3.08. The second-order valence-electron chi connectivity index (χ2n) is 6.17. The largest absolute Gasteiger partial charge is 0.451 e. The van der Waals surface area contributed by atoms with Gasteiger partial charge in [0.2, 0.25) is 0 Å². The van der Waals surface area contributed by atoms with Crippen molar-refractivity contribution < 1.29 is 9.21 Å². The van der Waals surface area contributed by atoms with E-state index < -0.39 is 0 Å². The van der Waals surface area contributed by atoms with Gasteiger partial charge in [0.1, 0.15) is 5.58 Å². The van der Waals surface area contributed by atoms with Gasteiger partial charge in [0.15, 0.2) is 5.76 Å². The van der Waals surface area contributed by atoms with Gasteiger partial charge in [0.05, 0.1) is 0 Å². The Hall–Kier alpha value is -1.33. The number of rotatable bonds is 1. The van der Waals surface area contributed by atoms with E-state index in [-0.39, 0.29) is 11.9 Å². The van der Waals surface area contributed by atoms with Gasteiger partial charge in [-0.1, -0.05) is 15.9 Å². The van der Waals surface area contributed by atoms with Crippen LogP contribution in [0.4, 0.5) is 0 Å². The molecule has 2 aromatic rings. The fourth-order valence-electron chi connectivity index (χ4n) is 3.75. The van der Waals surface area contributed by atoms with Crippen LogP contribution in [0.1, 0.15) is 23.4 Å². The highest BCUT2D eigenvalue weighted by Crippen LogP contribution is 2.38. The van der Waals surface area contributed by atoms with E-state index in [0.29, 0.717) is 17.6 Å². The molecular formula is C16H17BrN2O2. The van der Waals surface area contributed by atoms with Crippen LogP contribution in [0, 0.1) is 11.8 Å². The first-order valence-corrected chi connectivity index (χ1v) is 8.15. The summed E-state index contributed by atoms with van der Waals surface area (Å²) in [5.41, 5.74) is 6.88. The number of carbonyl (C=O) groups is 1. The molecule has 2 aliphatic rings. The monoisotopic (exact) mass is 348 g/mol. The molecule has 0 radical (unpaired) electrons. The second-order valence-corrected chi connectivity index (χ2v) is 7.08. The molecule has 2 fully saturated rings. The molecule has 4 rings (SSSR count). The molecule has 0 spiro atoms. The van der Waals surface area contributed by atoms with Crippen LogP contribution in [0.5, 0.6) is 0 Å². The summed E-state index contributed by atoms with van der Waals surface area (Å²) in [6, 6.07) is 7.84. The average molecular weight is 349 g/mol. The maximum absolute atomic E-state index is 12.6. The zero-order chi connectivity index (χ0) is 14.6. The maximum Gasteiger partial charge on any atom is 0.289 e. The Morgan fingerprint density at radius 2 is 2.14 bits per heavy atom. The van der Waals surface area contributed by atoms with Crippen LogP contribution in [-0.4, -0.2) is 29.9 Å². The Balaban J connectivity index is 1.59. The van der Waals surface area contributed by atoms with Crippen molar-refractivity contribution in [3.05, 3.63) is 34.5 Å². The molecular weight excluding hydrogens is 332 g/mol. The highest BCUT2D eigenvalue weighted by Gasteiger charge is 2.43. The van der Waals surface area contributed by atoms with Gasteiger partial charge in [-0.3, -0.25) is 4.79 Å². The minimum atomic E-state index is -0.0103. The van der Waals surface area contributed by atoms with Gasteiger partial charge in [-0.05, 0) is 48.9 Å². The summed E-state index contributed by atoms with van der Waals surface area (Å²) in [7, 11) is 0. The van der Waals surface area contributed by atoms with E-state index in [1.54, 1.807) is 0 Å². The summed E-state index contributed by atoms with van der Waals surface area (Å²) in [5, 5.41) is 0.948. The zero-order valence-electron chi connectivity index (χ0n) is 11.6. The van der Waals surface area contributed by atoms with E-state index in [9.17, 15) is 4.79 Å². The van der Waals surface area contributed by atoms with Crippen molar-refractivity contribution in [3.8, 4) is 0 Å². The van der Waals surface area contributed by atoms with Crippen LogP contribution in [-0.2, 0) is 0 Å². The molecule has 4 nitrogen and oxygen atoms in total. The lowest BCUT2D eigenvalue weighted by molar-refractivity contribution is 0.0750. The van der Waals surface area contributed by atoms with Crippen molar-refractivity contribution in [1.29, 1.82) is 0 Å². The van der Waals surface area contributed by atoms with Crippen molar-refractivity contribution >= 4 is 32.8 Å². The zero-order valence-corrected chi connectivity index (χ0v) is 13.2. The van der Waals surface area contributed by atoms with Crippen molar-refractivity contribution in [1.82, 2.24) is 4.90 Å². The standard InChI is InChI=1S/C16H17BrN2O2/c17-11-2-4-14-10(5-11)6-15(21-14)16(20)19-7-9-1-3-13(18)12(9)8-19/h2,4-6,9,12-13H,1,3,7-8,18H2. The first-order chi connectivity index (χ1) is 10.1. The molecule has 3 atom stereocenters. The summed E-state index contributed by atoms with van der Waals surface area (Å²) in [5.74, 6) is 1.45. The molecule has 1 saturated carbocycles. The molecule has 0 bridgehead atoms. The number of nitrogens with zero attached hydrogens (tertiary/aromatic N) is 1. The molecule has 110 valence electrons. The number of carbonyl (C=O) groups excluding carboxylic acids is 1. The maximum atomic E-state index is 12.6. The van der Waals surface area contributed by atoms with Gasteiger partial charge >= 0.3 is 0 Å². The normalized spacial score (nSPS) is 28.3. The number of halogens is 1. The van der Waals surface area contributed by atoms with Crippen LogP contribution in [0.3, 0.4) is 0 Å². The molecule has 1 aromatic heterocycles. The molecule has 2 heterocycles. The molecule has 2 N–H and O–H groups in total. The molecule has 1 aliphatic heterocycles. The molecule has 5 heteroatoms. The smallest absolute Gasteiger partial charge is 0.289 e. The summed E-state index contributed by atoms with van der Waals surface area (Å²) in [4.78, 5) is 14.5. The van der Waals surface area contributed by atoms with E-state index in [1.807, 2.05) is 29.2 Å². The fourth-order valence-corrected chi connectivity index (χ4v) is 4.13. The Labute approximate surface area is 131 Å². The number of amides is 1. The lowest BCUT2D eigenvalue weighted by Crippen LogP contribution is -2.33. The summed E-state index contributed by atoms with van der Waals surface area (Å²) < 4.78 is 6.69. The molecule has 1 saturated heterocycles. The predicted molar refractivity (Wildman–Crippen MR) is 84.0 cm³/mol. The quantitative estimate of drug-likeness (QED) is 0.861. The predicted octanol–water partition coefficient (Wildman–Crippen LogP) is 3.00. The molecule has 3 unspecified atom stereocenters. The Bertz CT molecular complexity index is 711. The number of benzene rings is 1. The first kappa shape index (κ1) is 13.3. The van der Waals surface area contributed by atoms with Crippen LogP contribution in [0.25, 0.3) is 11.0 Å². The van der Waals surface area contributed by atoms with Gasteiger partial charge in [-0.25, -0.2) is 0 Å². The third-order valence-corrected chi connectivity index (χ3v) is 5.38. The van der Waals surface area contributed by atoms with E-state index in [4.69, 9.17) is 10.2 Å².